The van der Waals surface area contributed by atoms with Gasteiger partial charge in [0.25, 0.3) is 0 Å². The Bertz CT molecular complexity index is 372. The molecular weight excluding hydrogens is 266 g/mol. The number of hydrogen-bond donors (Lipinski definition) is 3. The number of likely N-dealkylation sites (N-methyl/N-ethyl adjacent to an activating group) is 1. The van der Waals surface area contributed by atoms with Crippen LogP contribution in [0.4, 0.5) is 0 Å². The molecule has 2 rings (SSSR count). The van der Waals surface area contributed by atoms with Crippen molar-refractivity contribution in [1.82, 2.24) is 16.0 Å². The number of piperidine rings is 1. The summed E-state index contributed by atoms with van der Waals surface area (Å²) in [7, 11) is 1.62. The molecule has 21 heavy (non-hydrogen) atoms. The van der Waals surface area contributed by atoms with E-state index in [2.05, 4.69) is 29.8 Å². The molecule has 2 saturated heterocycles. The maximum atomic E-state index is 12.2. The highest BCUT2D eigenvalue weighted by Gasteiger charge is 2.34. The molecule has 2 amide bonds. The first-order valence-electron chi connectivity index (χ1n) is 8.25. The largest absolute Gasteiger partial charge is 0.357 e. The Morgan fingerprint density at radius 2 is 1.81 bits per heavy atom. The average molecular weight is 295 g/mol. The SMILES string of the molecule is CNC(=O)C(CC(C)C)NC(=O)CC1CC2CCC(C1)N2. The summed E-state index contributed by atoms with van der Waals surface area (Å²) in [5.41, 5.74) is 0. The van der Waals surface area contributed by atoms with Gasteiger partial charge in [-0.05, 0) is 43.9 Å². The van der Waals surface area contributed by atoms with Crippen LogP contribution in [-0.4, -0.2) is 37.0 Å². The number of amides is 2. The van der Waals surface area contributed by atoms with Crippen LogP contribution in [0.25, 0.3) is 0 Å². The number of rotatable bonds is 6. The minimum atomic E-state index is -0.402. The molecule has 2 aliphatic heterocycles. The van der Waals surface area contributed by atoms with Crippen LogP contribution in [0, 0.1) is 11.8 Å². The molecule has 2 bridgehead atoms. The van der Waals surface area contributed by atoms with Crippen LogP contribution in [0.15, 0.2) is 0 Å². The Kier molecular flexibility index (Phi) is 5.62. The predicted octanol–water partition coefficient (Wildman–Crippen LogP) is 1.18. The van der Waals surface area contributed by atoms with Gasteiger partial charge in [-0.25, -0.2) is 0 Å². The van der Waals surface area contributed by atoms with Gasteiger partial charge in [0.1, 0.15) is 6.04 Å². The average Bonchev–Trinajstić information content (AvgIpc) is 2.75. The van der Waals surface area contributed by atoms with Gasteiger partial charge in [0.05, 0.1) is 0 Å². The van der Waals surface area contributed by atoms with E-state index in [4.69, 9.17) is 0 Å². The summed E-state index contributed by atoms with van der Waals surface area (Å²) >= 11 is 0. The Morgan fingerprint density at radius 3 is 2.33 bits per heavy atom. The van der Waals surface area contributed by atoms with Crippen molar-refractivity contribution in [3.05, 3.63) is 0 Å². The van der Waals surface area contributed by atoms with Crippen molar-refractivity contribution in [2.45, 2.75) is 70.5 Å². The molecule has 5 heteroatoms. The van der Waals surface area contributed by atoms with Gasteiger partial charge in [0.2, 0.25) is 11.8 Å². The van der Waals surface area contributed by atoms with Crippen LogP contribution in [0.2, 0.25) is 0 Å². The molecular formula is C16H29N3O2. The lowest BCUT2D eigenvalue weighted by Gasteiger charge is -2.29. The van der Waals surface area contributed by atoms with Crippen molar-refractivity contribution in [3.63, 3.8) is 0 Å². The Labute approximate surface area is 127 Å². The quantitative estimate of drug-likeness (QED) is 0.689. The van der Waals surface area contributed by atoms with Crippen LogP contribution in [0.3, 0.4) is 0 Å². The molecule has 2 aliphatic rings. The van der Waals surface area contributed by atoms with E-state index in [0.717, 1.165) is 12.8 Å². The molecule has 0 aromatic heterocycles. The highest BCUT2D eigenvalue weighted by Crippen LogP contribution is 2.32. The van der Waals surface area contributed by atoms with Crippen LogP contribution >= 0.6 is 0 Å². The van der Waals surface area contributed by atoms with E-state index in [1.54, 1.807) is 7.05 Å². The molecule has 0 aliphatic carbocycles. The zero-order valence-corrected chi connectivity index (χ0v) is 13.4. The first kappa shape index (κ1) is 16.3. The van der Waals surface area contributed by atoms with E-state index < -0.39 is 6.04 Å². The van der Waals surface area contributed by atoms with Crippen LogP contribution in [-0.2, 0) is 9.59 Å². The molecule has 2 heterocycles. The van der Waals surface area contributed by atoms with Gasteiger partial charge in [-0.3, -0.25) is 9.59 Å². The van der Waals surface area contributed by atoms with Crippen LogP contribution in [0.5, 0.6) is 0 Å². The fraction of sp³-hybridized carbons (Fsp3) is 0.875. The fourth-order valence-corrected chi connectivity index (χ4v) is 3.73. The number of hydrogen-bond acceptors (Lipinski definition) is 3. The van der Waals surface area contributed by atoms with Gasteiger partial charge in [-0.1, -0.05) is 13.8 Å². The maximum absolute atomic E-state index is 12.2. The van der Waals surface area contributed by atoms with Crippen LogP contribution in [0.1, 0.15) is 52.4 Å². The van der Waals surface area contributed by atoms with E-state index in [1.165, 1.54) is 12.8 Å². The first-order chi connectivity index (χ1) is 9.97. The minimum absolute atomic E-state index is 0.0237. The first-order valence-corrected chi connectivity index (χ1v) is 8.25. The van der Waals surface area contributed by atoms with Gasteiger partial charge >= 0.3 is 0 Å². The number of nitrogens with one attached hydrogen (secondary N) is 3. The molecule has 5 nitrogen and oxygen atoms in total. The zero-order chi connectivity index (χ0) is 15.4. The summed E-state index contributed by atoms with van der Waals surface area (Å²) in [6.45, 7) is 4.12. The smallest absolute Gasteiger partial charge is 0.242 e. The molecule has 2 fully saturated rings. The number of carbonyl (C=O) groups excluding carboxylic acids is 2. The summed E-state index contributed by atoms with van der Waals surface area (Å²) in [6, 6.07) is 0.805. The standard InChI is InChI=1S/C16H29N3O2/c1-10(2)6-14(16(21)17-3)19-15(20)9-11-7-12-4-5-13(8-11)18-12/h10-14,18H,4-9H2,1-3H3,(H,17,21)(H,19,20). The fourth-order valence-electron chi connectivity index (χ4n) is 3.73. The van der Waals surface area contributed by atoms with Gasteiger partial charge < -0.3 is 16.0 Å². The molecule has 0 spiro atoms. The van der Waals surface area contributed by atoms with Gasteiger partial charge in [0.15, 0.2) is 0 Å². The second kappa shape index (κ2) is 7.25. The molecule has 0 aromatic carbocycles. The molecule has 0 radical (unpaired) electrons. The zero-order valence-electron chi connectivity index (χ0n) is 13.4. The topological polar surface area (TPSA) is 70.2 Å². The van der Waals surface area contributed by atoms with Crippen molar-refractivity contribution < 1.29 is 9.59 Å². The summed E-state index contributed by atoms with van der Waals surface area (Å²) in [5, 5.41) is 9.16. The molecule has 0 saturated carbocycles. The lowest BCUT2D eigenvalue weighted by Crippen LogP contribution is -2.47. The predicted molar refractivity (Wildman–Crippen MR) is 82.7 cm³/mol. The van der Waals surface area contributed by atoms with Gasteiger partial charge in [-0.15, -0.1) is 0 Å². The Balaban J connectivity index is 1.82. The minimum Gasteiger partial charge on any atom is -0.357 e. The molecule has 3 unspecified atom stereocenters. The van der Waals surface area contributed by atoms with Crippen LogP contribution < -0.4 is 16.0 Å². The van der Waals surface area contributed by atoms with E-state index in [0.29, 0.717) is 36.8 Å². The Morgan fingerprint density at radius 1 is 1.19 bits per heavy atom. The summed E-state index contributed by atoms with van der Waals surface area (Å²) < 4.78 is 0. The van der Waals surface area contributed by atoms with Gasteiger partial charge in [0, 0.05) is 25.6 Å². The van der Waals surface area contributed by atoms with E-state index in [1.807, 2.05) is 0 Å². The molecule has 3 atom stereocenters. The molecule has 3 N–H and O–H groups in total. The lowest BCUT2D eigenvalue weighted by molar-refractivity contribution is -0.129. The van der Waals surface area contributed by atoms with Gasteiger partial charge in [-0.2, -0.15) is 0 Å². The third kappa shape index (κ3) is 4.70. The molecule has 120 valence electrons. The van der Waals surface area contributed by atoms with E-state index in [9.17, 15) is 9.59 Å². The van der Waals surface area contributed by atoms with Crippen molar-refractivity contribution in [2.24, 2.45) is 11.8 Å². The third-order valence-corrected chi connectivity index (χ3v) is 4.65. The monoisotopic (exact) mass is 295 g/mol. The Hall–Kier alpha value is -1.10. The normalized spacial score (nSPS) is 29.2. The molecule has 0 aromatic rings. The van der Waals surface area contributed by atoms with Crippen molar-refractivity contribution in [2.75, 3.05) is 7.05 Å². The van der Waals surface area contributed by atoms with E-state index >= 15 is 0 Å². The van der Waals surface area contributed by atoms with Crippen molar-refractivity contribution in [1.29, 1.82) is 0 Å². The second-order valence-corrected chi connectivity index (χ2v) is 7.04. The number of fused-ring (bicyclic) bond motifs is 2. The van der Waals surface area contributed by atoms with Crippen molar-refractivity contribution >= 4 is 11.8 Å². The number of carbonyl (C=O) groups is 2. The maximum Gasteiger partial charge on any atom is 0.242 e. The highest BCUT2D eigenvalue weighted by molar-refractivity contribution is 5.87. The highest BCUT2D eigenvalue weighted by atomic mass is 16.2. The second-order valence-electron chi connectivity index (χ2n) is 7.04. The third-order valence-electron chi connectivity index (χ3n) is 4.65. The van der Waals surface area contributed by atoms with Crippen molar-refractivity contribution in [3.8, 4) is 0 Å². The summed E-state index contributed by atoms with van der Waals surface area (Å²) in [6.07, 6.45) is 5.93. The van der Waals surface area contributed by atoms with E-state index in [-0.39, 0.29) is 11.8 Å². The summed E-state index contributed by atoms with van der Waals surface area (Å²) in [5.74, 6) is 0.772. The lowest BCUT2D eigenvalue weighted by atomic mass is 9.89. The summed E-state index contributed by atoms with van der Waals surface area (Å²) in [4.78, 5) is 24.1.